The monoisotopic (exact) mass is 375 g/mol. The van der Waals surface area contributed by atoms with Gasteiger partial charge in [-0.05, 0) is 54.7 Å². The summed E-state index contributed by atoms with van der Waals surface area (Å²) in [7, 11) is 0. The highest BCUT2D eigenvalue weighted by Crippen LogP contribution is 2.25. The minimum atomic E-state index is -0.113. The average Bonchev–Trinajstić information content (AvgIpc) is 2.67. The maximum atomic E-state index is 12.7. The number of hydrogen-bond acceptors (Lipinski definition) is 3. The Morgan fingerprint density at radius 3 is 2.43 bits per heavy atom. The number of carbonyl (C=O) groups is 1. The number of rotatable bonds is 5. The van der Waals surface area contributed by atoms with Crippen molar-refractivity contribution in [2.45, 2.75) is 46.1 Å². The zero-order valence-corrected chi connectivity index (χ0v) is 17.3. The summed E-state index contributed by atoms with van der Waals surface area (Å²) < 4.78 is 0. The highest BCUT2D eigenvalue weighted by atomic mass is 16.1. The quantitative estimate of drug-likeness (QED) is 0.623. The van der Waals surface area contributed by atoms with Crippen molar-refractivity contribution in [3.63, 3.8) is 0 Å². The van der Waals surface area contributed by atoms with Crippen LogP contribution >= 0.6 is 0 Å². The lowest BCUT2D eigenvalue weighted by Gasteiger charge is -2.19. The van der Waals surface area contributed by atoms with Gasteiger partial charge in [0.2, 0.25) is 0 Å². The zero-order valence-electron chi connectivity index (χ0n) is 17.3. The standard InChI is InChI=1S/C24H29N3O/c1-6-25-21-11-8-17(9-12-21)16(2)27-23(28)19-13-18-7-10-20(24(3,4)5)14-22(18)26-15-19/h7-16,25H,6H2,1-5H3,(H,27,28)/t16-/m1/s1. The molecule has 0 bridgehead atoms. The first-order valence-corrected chi connectivity index (χ1v) is 9.83. The number of anilines is 1. The maximum absolute atomic E-state index is 12.7. The molecule has 2 N–H and O–H groups in total. The highest BCUT2D eigenvalue weighted by Gasteiger charge is 2.16. The first kappa shape index (κ1) is 19.9. The predicted molar refractivity (Wildman–Crippen MR) is 117 cm³/mol. The molecule has 0 unspecified atom stereocenters. The minimum absolute atomic E-state index is 0.0730. The molecule has 0 aliphatic carbocycles. The molecule has 1 amide bonds. The van der Waals surface area contributed by atoms with E-state index < -0.39 is 0 Å². The molecule has 0 saturated heterocycles. The number of aromatic nitrogens is 1. The van der Waals surface area contributed by atoms with Gasteiger partial charge >= 0.3 is 0 Å². The Labute approximate surface area is 167 Å². The lowest BCUT2D eigenvalue weighted by atomic mass is 9.86. The Balaban J connectivity index is 1.75. The third-order valence-electron chi connectivity index (χ3n) is 4.95. The van der Waals surface area contributed by atoms with Crippen molar-refractivity contribution < 1.29 is 4.79 Å². The lowest BCUT2D eigenvalue weighted by molar-refractivity contribution is 0.0939. The van der Waals surface area contributed by atoms with E-state index in [1.165, 1.54) is 5.56 Å². The first-order chi connectivity index (χ1) is 13.3. The molecule has 4 nitrogen and oxygen atoms in total. The third-order valence-corrected chi connectivity index (χ3v) is 4.95. The molecule has 3 aromatic rings. The van der Waals surface area contributed by atoms with Gasteiger partial charge in [0.05, 0.1) is 17.1 Å². The van der Waals surface area contributed by atoms with Crippen molar-refractivity contribution in [2.75, 3.05) is 11.9 Å². The van der Waals surface area contributed by atoms with Crippen molar-refractivity contribution in [2.24, 2.45) is 0 Å². The number of nitrogens with one attached hydrogen (secondary N) is 2. The summed E-state index contributed by atoms with van der Waals surface area (Å²) in [6.45, 7) is 11.5. The topological polar surface area (TPSA) is 54.0 Å². The van der Waals surface area contributed by atoms with Crippen molar-refractivity contribution >= 4 is 22.5 Å². The van der Waals surface area contributed by atoms with E-state index in [0.717, 1.165) is 28.7 Å². The molecular formula is C24H29N3O. The van der Waals surface area contributed by atoms with Gasteiger partial charge in [-0.1, -0.05) is 45.0 Å². The van der Waals surface area contributed by atoms with E-state index >= 15 is 0 Å². The van der Waals surface area contributed by atoms with Gasteiger partial charge in [-0.25, -0.2) is 0 Å². The van der Waals surface area contributed by atoms with E-state index in [1.807, 2.05) is 43.3 Å². The molecule has 146 valence electrons. The summed E-state index contributed by atoms with van der Waals surface area (Å²) in [4.78, 5) is 17.2. The van der Waals surface area contributed by atoms with Gasteiger partial charge in [-0.15, -0.1) is 0 Å². The molecule has 1 atom stereocenters. The fraction of sp³-hybridized carbons (Fsp3) is 0.333. The van der Waals surface area contributed by atoms with Crippen LogP contribution in [0.3, 0.4) is 0 Å². The molecule has 0 radical (unpaired) electrons. The Kier molecular flexibility index (Phi) is 5.68. The average molecular weight is 376 g/mol. The van der Waals surface area contributed by atoms with Crippen LogP contribution in [0.15, 0.2) is 54.7 Å². The molecule has 3 rings (SSSR count). The molecule has 28 heavy (non-hydrogen) atoms. The fourth-order valence-corrected chi connectivity index (χ4v) is 3.17. The second-order valence-electron chi connectivity index (χ2n) is 8.23. The number of benzene rings is 2. The molecule has 0 aliphatic heterocycles. The summed E-state index contributed by atoms with van der Waals surface area (Å²) in [5.41, 5.74) is 4.95. The van der Waals surface area contributed by atoms with Crippen LogP contribution < -0.4 is 10.6 Å². The van der Waals surface area contributed by atoms with Crippen LogP contribution in [-0.2, 0) is 5.41 Å². The van der Waals surface area contributed by atoms with Gasteiger partial charge in [-0.2, -0.15) is 0 Å². The third kappa shape index (κ3) is 4.50. The van der Waals surface area contributed by atoms with Crippen LogP contribution in [0, 0.1) is 0 Å². The van der Waals surface area contributed by atoms with E-state index in [4.69, 9.17) is 0 Å². The first-order valence-electron chi connectivity index (χ1n) is 9.83. The Hall–Kier alpha value is -2.88. The van der Waals surface area contributed by atoms with Crippen molar-refractivity contribution in [1.82, 2.24) is 10.3 Å². The van der Waals surface area contributed by atoms with Crippen LogP contribution in [-0.4, -0.2) is 17.4 Å². The molecule has 1 aromatic heterocycles. The summed E-state index contributed by atoms with van der Waals surface area (Å²) in [6.07, 6.45) is 1.66. The predicted octanol–water partition coefficient (Wildman–Crippen LogP) is 5.46. The molecule has 2 aromatic carbocycles. The van der Waals surface area contributed by atoms with Gasteiger partial charge in [0.1, 0.15) is 0 Å². The van der Waals surface area contributed by atoms with Crippen molar-refractivity contribution in [3.05, 3.63) is 71.4 Å². The Bertz CT molecular complexity index is 971. The number of carbonyl (C=O) groups excluding carboxylic acids is 1. The lowest BCUT2D eigenvalue weighted by Crippen LogP contribution is -2.26. The van der Waals surface area contributed by atoms with Crippen LogP contribution in [0.1, 0.15) is 62.1 Å². The van der Waals surface area contributed by atoms with Crippen LogP contribution in [0.5, 0.6) is 0 Å². The summed E-state index contributed by atoms with van der Waals surface area (Å²) in [5.74, 6) is -0.113. The summed E-state index contributed by atoms with van der Waals surface area (Å²) in [6, 6.07) is 16.2. The smallest absolute Gasteiger partial charge is 0.253 e. The number of nitrogens with zero attached hydrogens (tertiary/aromatic N) is 1. The van der Waals surface area contributed by atoms with E-state index in [-0.39, 0.29) is 17.4 Å². The van der Waals surface area contributed by atoms with Crippen molar-refractivity contribution in [1.29, 1.82) is 0 Å². The Morgan fingerprint density at radius 2 is 1.79 bits per heavy atom. The van der Waals surface area contributed by atoms with Crippen LogP contribution in [0.2, 0.25) is 0 Å². The van der Waals surface area contributed by atoms with Gasteiger partial charge in [0.15, 0.2) is 0 Å². The van der Waals surface area contributed by atoms with Gasteiger partial charge in [-0.3, -0.25) is 9.78 Å². The number of fused-ring (bicyclic) bond motifs is 1. The van der Waals surface area contributed by atoms with Crippen LogP contribution in [0.4, 0.5) is 5.69 Å². The molecule has 4 heteroatoms. The molecule has 0 saturated carbocycles. The largest absolute Gasteiger partial charge is 0.385 e. The maximum Gasteiger partial charge on any atom is 0.253 e. The number of pyridine rings is 1. The van der Waals surface area contributed by atoms with Crippen LogP contribution in [0.25, 0.3) is 10.9 Å². The van der Waals surface area contributed by atoms with Gasteiger partial charge in [0, 0.05) is 23.8 Å². The molecule has 0 fully saturated rings. The van der Waals surface area contributed by atoms with Gasteiger partial charge < -0.3 is 10.6 Å². The second-order valence-corrected chi connectivity index (χ2v) is 8.23. The molecule has 0 spiro atoms. The van der Waals surface area contributed by atoms with E-state index in [2.05, 4.69) is 55.4 Å². The zero-order chi connectivity index (χ0) is 20.3. The molecular weight excluding hydrogens is 346 g/mol. The van der Waals surface area contributed by atoms with Crippen molar-refractivity contribution in [3.8, 4) is 0 Å². The fourth-order valence-electron chi connectivity index (χ4n) is 3.17. The normalized spacial score (nSPS) is 12.6. The summed E-state index contributed by atoms with van der Waals surface area (Å²) >= 11 is 0. The van der Waals surface area contributed by atoms with E-state index in [0.29, 0.717) is 5.56 Å². The Morgan fingerprint density at radius 1 is 1.07 bits per heavy atom. The highest BCUT2D eigenvalue weighted by molar-refractivity contribution is 5.97. The molecule has 0 aliphatic rings. The SMILES string of the molecule is CCNc1ccc([C@@H](C)NC(=O)c2cnc3cc(C(C)(C)C)ccc3c2)cc1. The second kappa shape index (κ2) is 8.01. The van der Waals surface area contributed by atoms with E-state index in [9.17, 15) is 4.79 Å². The minimum Gasteiger partial charge on any atom is -0.385 e. The number of hydrogen-bond donors (Lipinski definition) is 2. The molecule has 1 heterocycles. The summed E-state index contributed by atoms with van der Waals surface area (Å²) in [5, 5.41) is 7.31. The van der Waals surface area contributed by atoms with E-state index in [1.54, 1.807) is 6.20 Å². The number of amides is 1. The van der Waals surface area contributed by atoms with Gasteiger partial charge in [0.25, 0.3) is 5.91 Å².